The van der Waals surface area contributed by atoms with Crippen LogP contribution in [0.2, 0.25) is 0 Å². The lowest BCUT2D eigenvalue weighted by molar-refractivity contribution is -0.277. The smallest absolute Gasteiger partial charge is 0.229 e. The van der Waals surface area contributed by atoms with Crippen LogP contribution in [-0.4, -0.2) is 111 Å². The van der Waals surface area contributed by atoms with Crippen LogP contribution in [0.1, 0.15) is 22.6 Å². The molecular formula is C26H34O12. The highest BCUT2D eigenvalue weighted by molar-refractivity contribution is 5.54. The molecular weight excluding hydrogens is 504 g/mol. The second kappa shape index (κ2) is 11.2. The van der Waals surface area contributed by atoms with Crippen molar-refractivity contribution in [1.82, 2.24) is 0 Å². The normalized spacial score (nSPS) is 32.9. The van der Waals surface area contributed by atoms with Gasteiger partial charge in [0, 0.05) is 24.9 Å². The number of ether oxygens (including phenoxy) is 4. The number of rotatable bonds is 8. The summed E-state index contributed by atoms with van der Waals surface area (Å²) in [5.41, 5.74) is 0.117. The van der Waals surface area contributed by atoms with Crippen LogP contribution in [0.5, 0.6) is 23.0 Å². The number of aliphatic hydroxyl groups excluding tert-OH is 6. The second-order valence-electron chi connectivity index (χ2n) is 9.65. The Morgan fingerprint density at radius 1 is 0.895 bits per heavy atom. The monoisotopic (exact) mass is 538 g/mol. The number of aromatic hydroxyl groups is 1. The van der Waals surface area contributed by atoms with Gasteiger partial charge in [0.05, 0.1) is 33.0 Å². The summed E-state index contributed by atoms with van der Waals surface area (Å²) >= 11 is 0. The topological polar surface area (TPSA) is 199 Å². The van der Waals surface area contributed by atoms with Crippen LogP contribution >= 0.6 is 0 Å². The molecule has 2 aliphatic rings. The lowest BCUT2D eigenvalue weighted by atomic mass is 9.64. The minimum absolute atomic E-state index is 0.00640. The van der Waals surface area contributed by atoms with E-state index in [4.69, 9.17) is 18.9 Å². The van der Waals surface area contributed by atoms with Gasteiger partial charge in [-0.2, -0.15) is 0 Å². The molecule has 0 aromatic heterocycles. The predicted octanol–water partition coefficient (Wildman–Crippen LogP) is -1.39. The minimum Gasteiger partial charge on any atom is -0.504 e. The van der Waals surface area contributed by atoms with Crippen LogP contribution in [0, 0.1) is 5.92 Å². The molecule has 1 heterocycles. The van der Waals surface area contributed by atoms with E-state index in [-0.39, 0.29) is 29.4 Å². The van der Waals surface area contributed by atoms with Crippen LogP contribution in [0.4, 0.5) is 0 Å². The van der Waals surface area contributed by atoms with E-state index in [9.17, 15) is 40.9 Å². The Labute approximate surface area is 218 Å². The maximum Gasteiger partial charge on any atom is 0.229 e. The van der Waals surface area contributed by atoms with Gasteiger partial charge >= 0.3 is 0 Å². The Hall–Kier alpha value is -2.68. The first kappa shape index (κ1) is 28.3. The molecule has 2 aromatic rings. The lowest BCUT2D eigenvalue weighted by Gasteiger charge is -2.44. The highest BCUT2D eigenvalue weighted by Gasteiger charge is 2.48. The first-order valence-corrected chi connectivity index (χ1v) is 12.1. The van der Waals surface area contributed by atoms with Crippen LogP contribution in [0.3, 0.4) is 0 Å². The van der Waals surface area contributed by atoms with E-state index in [1.54, 1.807) is 18.2 Å². The quantitative estimate of drug-likeness (QED) is 0.196. The fraction of sp³-hybridized carbons (Fsp3) is 0.538. The van der Waals surface area contributed by atoms with Gasteiger partial charge in [-0.05, 0) is 41.0 Å². The molecule has 4 rings (SSSR count). The van der Waals surface area contributed by atoms with Crippen molar-refractivity contribution in [1.29, 1.82) is 0 Å². The molecule has 2 aromatic carbocycles. The van der Waals surface area contributed by atoms with Crippen LogP contribution in [-0.2, 0) is 11.2 Å². The van der Waals surface area contributed by atoms with Crippen molar-refractivity contribution in [2.75, 3.05) is 34.0 Å². The van der Waals surface area contributed by atoms with E-state index in [0.29, 0.717) is 16.7 Å². The molecule has 0 spiro atoms. The van der Waals surface area contributed by atoms with Crippen LogP contribution in [0.15, 0.2) is 30.3 Å². The first-order chi connectivity index (χ1) is 18.1. The maximum atomic E-state index is 11.3. The zero-order valence-corrected chi connectivity index (χ0v) is 21.0. The van der Waals surface area contributed by atoms with Gasteiger partial charge in [0.2, 0.25) is 6.29 Å². The van der Waals surface area contributed by atoms with Crippen molar-refractivity contribution >= 4 is 0 Å². The number of phenols is 1. The van der Waals surface area contributed by atoms with Crippen molar-refractivity contribution in [3.8, 4) is 23.0 Å². The summed E-state index contributed by atoms with van der Waals surface area (Å²) in [7, 11) is 2.78. The summed E-state index contributed by atoms with van der Waals surface area (Å²) in [6.45, 7) is -1.70. The SMILES string of the molecule is COc1cc2c(cc1O)C[C@](O)(CO)[C@H](CO)[C@H]2c1ccc(O[C@H]2O[C@@H](CO)[C@@H](O)[C@@H](O)[C@H]2O)c(OC)c1. The molecule has 1 aliphatic carbocycles. The van der Waals surface area contributed by atoms with E-state index >= 15 is 0 Å². The highest BCUT2D eigenvalue weighted by Crippen LogP contribution is 2.49. The van der Waals surface area contributed by atoms with Gasteiger partial charge in [0.15, 0.2) is 23.0 Å². The lowest BCUT2D eigenvalue weighted by Crippen LogP contribution is -2.60. The second-order valence-corrected chi connectivity index (χ2v) is 9.65. The van der Waals surface area contributed by atoms with Gasteiger partial charge in [-0.3, -0.25) is 0 Å². The number of phenolic OH excluding ortho intramolecular Hbond substituents is 1. The largest absolute Gasteiger partial charge is 0.504 e. The Morgan fingerprint density at radius 3 is 2.21 bits per heavy atom. The fourth-order valence-electron chi connectivity index (χ4n) is 5.35. The Bertz CT molecular complexity index is 1120. The number of hydrogen-bond acceptors (Lipinski definition) is 12. The maximum absolute atomic E-state index is 11.3. The fourth-order valence-corrected chi connectivity index (χ4v) is 5.35. The molecule has 0 saturated carbocycles. The van der Waals surface area contributed by atoms with Crippen molar-refractivity contribution < 1.29 is 59.8 Å². The molecule has 0 radical (unpaired) electrons. The molecule has 38 heavy (non-hydrogen) atoms. The third kappa shape index (κ3) is 4.90. The summed E-state index contributed by atoms with van der Waals surface area (Å²) in [6, 6.07) is 7.83. The average Bonchev–Trinajstić information content (AvgIpc) is 2.92. The molecule has 0 bridgehead atoms. The third-order valence-corrected chi connectivity index (χ3v) is 7.47. The minimum atomic E-state index is -1.69. The van der Waals surface area contributed by atoms with Crippen molar-refractivity contribution in [3.63, 3.8) is 0 Å². The summed E-state index contributed by atoms with van der Waals surface area (Å²) < 4.78 is 21.9. The molecule has 210 valence electrons. The van der Waals surface area contributed by atoms with Crippen molar-refractivity contribution in [2.45, 2.75) is 48.6 Å². The van der Waals surface area contributed by atoms with E-state index < -0.39 is 68.0 Å². The molecule has 8 atom stereocenters. The Morgan fingerprint density at radius 2 is 1.61 bits per heavy atom. The third-order valence-electron chi connectivity index (χ3n) is 7.47. The van der Waals surface area contributed by atoms with Gasteiger partial charge in [0.25, 0.3) is 0 Å². The predicted molar refractivity (Wildman–Crippen MR) is 130 cm³/mol. The van der Waals surface area contributed by atoms with Crippen molar-refractivity contribution in [3.05, 3.63) is 47.0 Å². The highest BCUT2D eigenvalue weighted by atomic mass is 16.7. The molecule has 0 unspecified atom stereocenters. The van der Waals surface area contributed by atoms with Gasteiger partial charge < -0.3 is 59.8 Å². The molecule has 1 fully saturated rings. The van der Waals surface area contributed by atoms with Crippen LogP contribution in [0.25, 0.3) is 0 Å². The summed E-state index contributed by atoms with van der Waals surface area (Å²) in [4.78, 5) is 0. The Kier molecular flexibility index (Phi) is 8.35. The zero-order valence-electron chi connectivity index (χ0n) is 21.0. The molecule has 12 nitrogen and oxygen atoms in total. The number of hydrogen-bond donors (Lipinski definition) is 8. The number of methoxy groups -OCH3 is 2. The van der Waals surface area contributed by atoms with Gasteiger partial charge in [-0.25, -0.2) is 0 Å². The van der Waals surface area contributed by atoms with Crippen molar-refractivity contribution in [2.24, 2.45) is 5.92 Å². The average molecular weight is 539 g/mol. The number of benzene rings is 2. The van der Waals surface area contributed by atoms with E-state index in [2.05, 4.69) is 0 Å². The molecule has 0 amide bonds. The summed E-state index contributed by atoms with van der Waals surface area (Å²) in [5.74, 6) is -1.13. The van der Waals surface area contributed by atoms with E-state index in [0.717, 1.165) is 0 Å². The molecule has 12 heteroatoms. The molecule has 1 aliphatic heterocycles. The van der Waals surface area contributed by atoms with Crippen LogP contribution < -0.4 is 14.2 Å². The Balaban J connectivity index is 1.74. The van der Waals surface area contributed by atoms with Gasteiger partial charge in [-0.15, -0.1) is 0 Å². The summed E-state index contributed by atoms with van der Waals surface area (Å²) in [6.07, 6.45) is -7.38. The number of fused-ring (bicyclic) bond motifs is 1. The van der Waals surface area contributed by atoms with Gasteiger partial charge in [0.1, 0.15) is 24.4 Å². The van der Waals surface area contributed by atoms with Gasteiger partial charge in [-0.1, -0.05) is 6.07 Å². The zero-order chi connectivity index (χ0) is 27.8. The molecule has 1 saturated heterocycles. The molecule has 8 N–H and O–H groups in total. The van der Waals surface area contributed by atoms with E-state index in [1.807, 2.05) is 0 Å². The van der Waals surface area contributed by atoms with E-state index in [1.165, 1.54) is 26.4 Å². The number of aliphatic hydroxyl groups is 7. The standard InChI is InChI=1S/C26H34O12/c1-35-18-7-14-13(5-16(18)30)8-26(34,11-29)15(9-27)21(14)12-3-4-17(19(6-12)36-2)37-25-24(33)23(32)22(31)20(10-28)38-25/h3-7,15,20-25,27-34H,8-11H2,1-2H3/t15-,20+,21+,22-,23-,24-,25+,26+/m1/s1. The first-order valence-electron chi connectivity index (χ1n) is 12.1. The summed E-state index contributed by atoms with van der Waals surface area (Å²) in [5, 5.41) is 81.8.